The van der Waals surface area contributed by atoms with E-state index in [2.05, 4.69) is 10.1 Å². The second-order valence-electron chi connectivity index (χ2n) is 4.10. The molecular weight excluding hydrogens is 301 g/mol. The highest BCUT2D eigenvalue weighted by molar-refractivity contribution is 7.98. The van der Waals surface area contributed by atoms with Crippen LogP contribution in [0.4, 0.5) is 30.2 Å². The molecule has 0 aliphatic heterocycles. The van der Waals surface area contributed by atoms with Gasteiger partial charge in [-0.3, -0.25) is 0 Å². The molecule has 3 nitrogen and oxygen atoms in total. The number of ether oxygens (including phenoxy) is 1. The molecule has 7 heteroatoms. The molecular formula is C14H13F3N2OS. The summed E-state index contributed by atoms with van der Waals surface area (Å²) in [6.45, 7) is -3.10. The number of alkyl halides is 2. The maximum absolute atomic E-state index is 13.5. The third-order valence-corrected chi connectivity index (χ3v) is 3.43. The summed E-state index contributed by atoms with van der Waals surface area (Å²) in [5.74, 6) is -1.49. The van der Waals surface area contributed by atoms with Crippen LogP contribution in [0, 0.1) is 5.82 Å². The van der Waals surface area contributed by atoms with Crippen molar-refractivity contribution in [2.45, 2.75) is 11.5 Å². The molecule has 3 N–H and O–H groups in total. The van der Waals surface area contributed by atoms with E-state index in [1.807, 2.05) is 30.5 Å². The molecule has 2 aromatic carbocycles. The van der Waals surface area contributed by atoms with Crippen LogP contribution in [0.25, 0.3) is 0 Å². The van der Waals surface area contributed by atoms with Gasteiger partial charge >= 0.3 is 6.61 Å². The number of hydrogen-bond acceptors (Lipinski definition) is 4. The van der Waals surface area contributed by atoms with Gasteiger partial charge in [0.1, 0.15) is 0 Å². The molecule has 0 amide bonds. The zero-order valence-corrected chi connectivity index (χ0v) is 11.9. The standard InChI is InChI=1S/C14H13F3N2OS/c1-21-9-4-2-8(3-5-9)19-12-7-13(20-14(16)17)10(15)6-11(12)18/h2-7,14,19H,18H2,1H3. The van der Waals surface area contributed by atoms with Crippen molar-refractivity contribution in [1.82, 2.24) is 0 Å². The molecule has 0 aromatic heterocycles. The SMILES string of the molecule is CSc1ccc(Nc2cc(OC(F)F)c(F)cc2N)cc1. The summed E-state index contributed by atoms with van der Waals surface area (Å²) in [4.78, 5) is 1.08. The number of nitrogen functional groups attached to an aromatic ring is 1. The average Bonchev–Trinajstić information content (AvgIpc) is 2.44. The second-order valence-corrected chi connectivity index (χ2v) is 4.98. The molecule has 0 saturated carbocycles. The molecule has 0 atom stereocenters. The molecule has 2 aromatic rings. The number of hydrogen-bond donors (Lipinski definition) is 2. The third-order valence-electron chi connectivity index (χ3n) is 2.69. The van der Waals surface area contributed by atoms with Crippen LogP contribution in [0.5, 0.6) is 5.75 Å². The van der Waals surface area contributed by atoms with E-state index in [9.17, 15) is 13.2 Å². The molecule has 0 fully saturated rings. The van der Waals surface area contributed by atoms with Crippen molar-refractivity contribution in [3.8, 4) is 5.75 Å². The lowest BCUT2D eigenvalue weighted by atomic mass is 10.2. The fourth-order valence-electron chi connectivity index (χ4n) is 1.69. The van der Waals surface area contributed by atoms with Crippen molar-refractivity contribution in [3.05, 3.63) is 42.2 Å². The Labute approximate surface area is 124 Å². The van der Waals surface area contributed by atoms with Gasteiger partial charge in [-0.1, -0.05) is 0 Å². The van der Waals surface area contributed by atoms with Crippen LogP contribution in [-0.4, -0.2) is 12.9 Å². The van der Waals surface area contributed by atoms with Crippen LogP contribution < -0.4 is 15.8 Å². The van der Waals surface area contributed by atoms with Crippen LogP contribution >= 0.6 is 11.8 Å². The van der Waals surface area contributed by atoms with Gasteiger partial charge in [0.25, 0.3) is 0 Å². The molecule has 2 rings (SSSR count). The molecule has 0 spiro atoms. The maximum atomic E-state index is 13.5. The normalized spacial score (nSPS) is 10.7. The van der Waals surface area contributed by atoms with E-state index >= 15 is 0 Å². The van der Waals surface area contributed by atoms with Gasteiger partial charge in [0.2, 0.25) is 0 Å². The Balaban J connectivity index is 2.25. The summed E-state index contributed by atoms with van der Waals surface area (Å²) in [6.07, 6.45) is 1.95. The molecule has 112 valence electrons. The summed E-state index contributed by atoms with van der Waals surface area (Å²) < 4.78 is 42.0. The Morgan fingerprint density at radius 2 is 1.86 bits per heavy atom. The Kier molecular flexibility index (Phi) is 4.85. The summed E-state index contributed by atoms with van der Waals surface area (Å²) in [7, 11) is 0. The van der Waals surface area contributed by atoms with E-state index in [0.29, 0.717) is 11.4 Å². The third kappa shape index (κ3) is 3.98. The molecule has 0 radical (unpaired) electrons. The predicted molar refractivity (Wildman–Crippen MR) is 79.0 cm³/mol. The number of halogens is 3. The van der Waals surface area contributed by atoms with Crippen molar-refractivity contribution >= 4 is 28.8 Å². The van der Waals surface area contributed by atoms with Crippen LogP contribution in [0.15, 0.2) is 41.3 Å². The van der Waals surface area contributed by atoms with E-state index in [1.54, 1.807) is 11.8 Å². The minimum absolute atomic E-state index is 0.100. The van der Waals surface area contributed by atoms with Gasteiger partial charge < -0.3 is 15.8 Å². The van der Waals surface area contributed by atoms with Gasteiger partial charge in [0.15, 0.2) is 11.6 Å². The monoisotopic (exact) mass is 314 g/mol. The Morgan fingerprint density at radius 3 is 2.43 bits per heavy atom. The molecule has 0 bridgehead atoms. The van der Waals surface area contributed by atoms with Crippen LogP contribution in [-0.2, 0) is 0 Å². The first-order valence-corrected chi connectivity index (χ1v) is 7.17. The highest BCUT2D eigenvalue weighted by Gasteiger charge is 2.13. The number of nitrogens with one attached hydrogen (secondary N) is 1. The largest absolute Gasteiger partial charge is 0.432 e. The minimum Gasteiger partial charge on any atom is -0.432 e. The first-order valence-electron chi connectivity index (χ1n) is 5.94. The number of rotatable bonds is 5. The molecule has 0 unspecified atom stereocenters. The topological polar surface area (TPSA) is 47.3 Å². The van der Waals surface area contributed by atoms with Crippen molar-refractivity contribution in [2.75, 3.05) is 17.3 Å². The lowest BCUT2D eigenvalue weighted by Gasteiger charge is -2.13. The number of anilines is 3. The van der Waals surface area contributed by atoms with Crippen LogP contribution in [0.3, 0.4) is 0 Å². The fraction of sp³-hybridized carbons (Fsp3) is 0.143. The Morgan fingerprint density at radius 1 is 1.19 bits per heavy atom. The smallest absolute Gasteiger partial charge is 0.387 e. The first kappa shape index (κ1) is 15.4. The van der Waals surface area contributed by atoms with E-state index in [0.717, 1.165) is 17.0 Å². The Bertz CT molecular complexity index is 620. The van der Waals surface area contributed by atoms with Crippen molar-refractivity contribution in [3.63, 3.8) is 0 Å². The summed E-state index contributed by atoms with van der Waals surface area (Å²) in [5.41, 5.74) is 6.77. The highest BCUT2D eigenvalue weighted by atomic mass is 32.2. The van der Waals surface area contributed by atoms with E-state index in [1.165, 1.54) is 0 Å². The predicted octanol–water partition coefficient (Wildman–Crippen LogP) is 4.47. The van der Waals surface area contributed by atoms with E-state index in [-0.39, 0.29) is 5.69 Å². The van der Waals surface area contributed by atoms with Crippen LogP contribution in [0.1, 0.15) is 0 Å². The zero-order valence-electron chi connectivity index (χ0n) is 11.1. The van der Waals surface area contributed by atoms with E-state index in [4.69, 9.17) is 5.73 Å². The van der Waals surface area contributed by atoms with Crippen molar-refractivity contribution < 1.29 is 17.9 Å². The maximum Gasteiger partial charge on any atom is 0.387 e. The molecule has 0 aliphatic carbocycles. The quantitative estimate of drug-likeness (QED) is 0.631. The molecule has 0 aliphatic rings. The molecule has 0 saturated heterocycles. The lowest BCUT2D eigenvalue weighted by Crippen LogP contribution is -2.05. The van der Waals surface area contributed by atoms with Gasteiger partial charge in [-0.2, -0.15) is 8.78 Å². The van der Waals surface area contributed by atoms with E-state index < -0.39 is 18.2 Å². The van der Waals surface area contributed by atoms with Gasteiger partial charge in [-0.05, 0) is 30.5 Å². The number of thioether (sulfide) groups is 1. The number of benzene rings is 2. The average molecular weight is 314 g/mol. The summed E-state index contributed by atoms with van der Waals surface area (Å²) >= 11 is 1.59. The highest BCUT2D eigenvalue weighted by Crippen LogP contribution is 2.31. The van der Waals surface area contributed by atoms with Crippen LogP contribution in [0.2, 0.25) is 0 Å². The van der Waals surface area contributed by atoms with Gasteiger partial charge in [0, 0.05) is 22.7 Å². The zero-order chi connectivity index (χ0) is 15.4. The minimum atomic E-state index is -3.10. The fourth-order valence-corrected chi connectivity index (χ4v) is 2.10. The van der Waals surface area contributed by atoms with Gasteiger partial charge in [-0.15, -0.1) is 11.8 Å². The number of nitrogens with two attached hydrogens (primary N) is 1. The summed E-state index contributed by atoms with van der Waals surface area (Å²) in [5, 5.41) is 2.94. The van der Waals surface area contributed by atoms with Crippen molar-refractivity contribution in [2.24, 2.45) is 0 Å². The lowest BCUT2D eigenvalue weighted by molar-refractivity contribution is -0.0521. The Hall–Kier alpha value is -2.02. The molecule has 0 heterocycles. The second kappa shape index (κ2) is 6.62. The summed E-state index contributed by atoms with van der Waals surface area (Å²) in [6, 6.07) is 9.45. The first-order chi connectivity index (χ1) is 9.99. The van der Waals surface area contributed by atoms with Gasteiger partial charge in [-0.25, -0.2) is 4.39 Å². The molecule has 21 heavy (non-hydrogen) atoms. The van der Waals surface area contributed by atoms with Crippen molar-refractivity contribution in [1.29, 1.82) is 0 Å². The van der Waals surface area contributed by atoms with Gasteiger partial charge in [0.05, 0.1) is 11.4 Å².